The highest BCUT2D eigenvalue weighted by Crippen LogP contribution is 2.36. The molecule has 0 aromatic rings. The van der Waals surface area contributed by atoms with E-state index in [1.165, 1.54) is 18.5 Å². The van der Waals surface area contributed by atoms with Crippen LogP contribution in [0.3, 0.4) is 0 Å². The normalized spacial score (nSPS) is 17.9. The molecule has 1 heterocycles. The molecule has 110 valence electrons. The number of nitrogens with one attached hydrogen (secondary N) is 2. The maximum atomic E-state index is 8.55. The minimum Gasteiger partial charge on any atom is -0.385 e. The molecule has 4 heteroatoms. The van der Waals surface area contributed by atoms with E-state index in [1.807, 2.05) is 0 Å². The first-order chi connectivity index (χ1) is 10.2. The molecule has 0 bridgehead atoms. The van der Waals surface area contributed by atoms with Crippen LogP contribution in [0.15, 0.2) is 52.6 Å². The first-order valence-electron chi connectivity index (χ1n) is 7.38. The van der Waals surface area contributed by atoms with Crippen molar-refractivity contribution in [1.29, 1.82) is 5.26 Å². The zero-order valence-electron chi connectivity index (χ0n) is 12.6. The number of hydrogen-bond donors (Lipinski definition) is 2. The summed E-state index contributed by atoms with van der Waals surface area (Å²) >= 11 is 0. The molecule has 1 aliphatic carbocycles. The van der Waals surface area contributed by atoms with Crippen LogP contribution >= 0.6 is 0 Å². The van der Waals surface area contributed by atoms with Crippen LogP contribution < -0.4 is 10.6 Å². The third-order valence-electron chi connectivity index (χ3n) is 3.63. The van der Waals surface area contributed by atoms with Gasteiger partial charge in [0.25, 0.3) is 0 Å². The van der Waals surface area contributed by atoms with Crippen LogP contribution in [0.2, 0.25) is 0 Å². The Kier molecular flexibility index (Phi) is 4.99. The third kappa shape index (κ3) is 3.85. The summed E-state index contributed by atoms with van der Waals surface area (Å²) < 4.78 is 0. The Bertz CT molecular complexity index is 568. The Morgan fingerprint density at radius 1 is 1.57 bits per heavy atom. The molecule has 0 spiro atoms. The summed E-state index contributed by atoms with van der Waals surface area (Å²) in [6.45, 7) is 10.8. The summed E-state index contributed by atoms with van der Waals surface area (Å²) in [4.78, 5) is 4.30. The van der Waals surface area contributed by atoms with Crippen LogP contribution in [0.1, 0.15) is 32.6 Å². The van der Waals surface area contributed by atoms with Crippen molar-refractivity contribution in [3.05, 3.63) is 47.6 Å². The van der Waals surface area contributed by atoms with Gasteiger partial charge in [0.05, 0.1) is 17.5 Å². The summed E-state index contributed by atoms with van der Waals surface area (Å²) in [5.74, 6) is 0.647. The Balaban J connectivity index is 2.02. The fraction of sp³-hybridized carbons (Fsp3) is 0.412. The van der Waals surface area contributed by atoms with Gasteiger partial charge in [-0.25, -0.2) is 0 Å². The molecular formula is C17H22N4. The predicted octanol–water partition coefficient (Wildman–Crippen LogP) is 3.15. The van der Waals surface area contributed by atoms with Gasteiger partial charge in [0.2, 0.25) is 0 Å². The van der Waals surface area contributed by atoms with E-state index in [2.05, 4.69) is 47.9 Å². The number of allylic oxidation sites excluding steroid dienone is 3. The zero-order valence-corrected chi connectivity index (χ0v) is 12.6. The standard InChI is InChI=1S/C17H22N4/c1-4-16(14-7-8-14)21-17-13(3)20-11-15(17)12(2)19-10-6-5-9-18/h4,11,14,19,21H,2-3,5-8,10H2,1H3/b16-4-. The lowest BCUT2D eigenvalue weighted by molar-refractivity contribution is 0.746. The fourth-order valence-electron chi connectivity index (χ4n) is 2.25. The summed E-state index contributed by atoms with van der Waals surface area (Å²) in [5.41, 5.74) is 4.70. The highest BCUT2D eigenvalue weighted by atomic mass is 15.0. The molecule has 0 atom stereocenters. The minimum absolute atomic E-state index is 0.551. The molecule has 0 unspecified atom stereocenters. The lowest BCUT2D eigenvalue weighted by atomic mass is 10.1. The van der Waals surface area contributed by atoms with Gasteiger partial charge in [-0.15, -0.1) is 0 Å². The van der Waals surface area contributed by atoms with Crippen LogP contribution in [0, 0.1) is 17.2 Å². The monoisotopic (exact) mass is 282 g/mol. The first kappa shape index (κ1) is 15.1. The van der Waals surface area contributed by atoms with Gasteiger partial charge in [0, 0.05) is 36.1 Å². The second-order valence-corrected chi connectivity index (χ2v) is 5.30. The quantitative estimate of drug-likeness (QED) is 0.672. The highest BCUT2D eigenvalue weighted by Gasteiger charge is 2.27. The van der Waals surface area contributed by atoms with Crippen LogP contribution in [-0.4, -0.2) is 12.8 Å². The molecule has 2 N–H and O–H groups in total. The molecule has 0 amide bonds. The molecular weight excluding hydrogens is 260 g/mol. The number of nitriles is 1. The van der Waals surface area contributed by atoms with E-state index < -0.39 is 0 Å². The van der Waals surface area contributed by atoms with E-state index in [9.17, 15) is 0 Å². The molecule has 1 saturated carbocycles. The smallest absolute Gasteiger partial charge is 0.0800 e. The topological polar surface area (TPSA) is 60.2 Å². The molecule has 0 saturated heterocycles. The molecule has 1 fully saturated rings. The highest BCUT2D eigenvalue weighted by molar-refractivity contribution is 5.90. The molecule has 21 heavy (non-hydrogen) atoms. The largest absolute Gasteiger partial charge is 0.385 e. The van der Waals surface area contributed by atoms with E-state index in [-0.39, 0.29) is 0 Å². The van der Waals surface area contributed by atoms with Crippen molar-refractivity contribution in [2.45, 2.75) is 32.6 Å². The van der Waals surface area contributed by atoms with E-state index in [1.54, 1.807) is 6.21 Å². The summed E-state index contributed by atoms with van der Waals surface area (Å²) in [7, 11) is 0. The van der Waals surface area contributed by atoms with Crippen molar-refractivity contribution in [2.24, 2.45) is 10.9 Å². The van der Waals surface area contributed by atoms with Crippen molar-refractivity contribution in [3.63, 3.8) is 0 Å². The third-order valence-corrected chi connectivity index (χ3v) is 3.63. The van der Waals surface area contributed by atoms with E-state index >= 15 is 0 Å². The predicted molar refractivity (Wildman–Crippen MR) is 86.3 cm³/mol. The lowest BCUT2D eigenvalue weighted by Crippen LogP contribution is -2.21. The molecule has 0 radical (unpaired) electrons. The zero-order chi connectivity index (χ0) is 15.2. The second-order valence-electron chi connectivity index (χ2n) is 5.30. The average Bonchev–Trinajstić information content (AvgIpc) is 3.25. The van der Waals surface area contributed by atoms with Gasteiger partial charge >= 0.3 is 0 Å². The number of unbranched alkanes of at least 4 members (excludes halogenated alkanes) is 1. The SMILES string of the molecule is C=C1N=CC(C(=C)NCCCC#N)=C1N/C(=C\C)C1CC1. The molecule has 0 aromatic heterocycles. The van der Waals surface area contributed by atoms with E-state index in [4.69, 9.17) is 5.26 Å². The Hall–Kier alpha value is -2.28. The van der Waals surface area contributed by atoms with Gasteiger partial charge in [-0.05, 0) is 32.1 Å². The molecule has 2 aliphatic rings. The maximum Gasteiger partial charge on any atom is 0.0800 e. The van der Waals surface area contributed by atoms with Gasteiger partial charge in [0.1, 0.15) is 0 Å². The number of rotatable bonds is 8. The van der Waals surface area contributed by atoms with Crippen molar-refractivity contribution in [1.82, 2.24) is 10.6 Å². The van der Waals surface area contributed by atoms with Gasteiger partial charge < -0.3 is 10.6 Å². The summed E-state index contributed by atoms with van der Waals surface area (Å²) in [5, 5.41) is 15.3. The Morgan fingerprint density at radius 2 is 2.33 bits per heavy atom. The van der Waals surface area contributed by atoms with Crippen molar-refractivity contribution in [3.8, 4) is 6.07 Å². The van der Waals surface area contributed by atoms with E-state index in [0.717, 1.165) is 35.6 Å². The molecule has 2 rings (SSSR count). The van der Waals surface area contributed by atoms with Gasteiger partial charge in [0.15, 0.2) is 0 Å². The van der Waals surface area contributed by atoms with Gasteiger partial charge in [-0.2, -0.15) is 5.26 Å². The molecule has 0 aromatic carbocycles. The number of nitrogens with zero attached hydrogens (tertiary/aromatic N) is 2. The Morgan fingerprint density at radius 3 is 2.95 bits per heavy atom. The molecule has 1 aliphatic heterocycles. The Labute approximate surface area is 126 Å². The lowest BCUT2D eigenvalue weighted by Gasteiger charge is -2.15. The van der Waals surface area contributed by atoms with Crippen LogP contribution in [0.5, 0.6) is 0 Å². The first-order valence-corrected chi connectivity index (χ1v) is 7.38. The fourth-order valence-corrected chi connectivity index (χ4v) is 2.25. The van der Waals surface area contributed by atoms with Gasteiger partial charge in [-0.3, -0.25) is 4.99 Å². The minimum atomic E-state index is 0.551. The van der Waals surface area contributed by atoms with Crippen LogP contribution in [-0.2, 0) is 0 Å². The van der Waals surface area contributed by atoms with Crippen LogP contribution in [0.4, 0.5) is 0 Å². The van der Waals surface area contributed by atoms with Gasteiger partial charge in [-0.1, -0.05) is 19.2 Å². The van der Waals surface area contributed by atoms with E-state index in [0.29, 0.717) is 12.3 Å². The second kappa shape index (κ2) is 6.94. The summed E-state index contributed by atoms with van der Waals surface area (Å²) in [6, 6.07) is 2.14. The van der Waals surface area contributed by atoms with Crippen LogP contribution in [0.25, 0.3) is 0 Å². The van der Waals surface area contributed by atoms with Crippen molar-refractivity contribution < 1.29 is 0 Å². The number of aliphatic imine (C=N–C) groups is 1. The maximum absolute atomic E-state index is 8.55. The number of hydrogen-bond acceptors (Lipinski definition) is 4. The van der Waals surface area contributed by atoms with Crippen molar-refractivity contribution in [2.75, 3.05) is 6.54 Å². The summed E-state index contributed by atoms with van der Waals surface area (Å²) in [6.07, 6.45) is 7.77. The molecule has 4 nitrogen and oxygen atoms in total. The van der Waals surface area contributed by atoms with Crippen molar-refractivity contribution >= 4 is 6.21 Å². The average molecular weight is 282 g/mol.